The molecule has 8 heteroatoms. The lowest BCUT2D eigenvalue weighted by Crippen LogP contribution is -2.51. The van der Waals surface area contributed by atoms with E-state index >= 15 is 0 Å². The molecular weight excluding hydrogens is 275 g/mol. The third-order valence-corrected chi connectivity index (χ3v) is 4.09. The minimum Gasteiger partial charge on any atom is -0.481 e. The normalized spacial score (nSPS) is 26.9. The zero-order chi connectivity index (χ0) is 15.1. The topological polar surface area (TPSA) is 67.2 Å². The van der Waals surface area contributed by atoms with Crippen molar-refractivity contribution < 1.29 is 23.1 Å². The molecule has 112 valence electrons. The SMILES string of the molecule is Cc1cnn(C)c1C[C@@H]1CNC[C@@]1(C(=O)O)C(F)(F)F. The quantitative estimate of drug-likeness (QED) is 0.876. The number of nitrogens with one attached hydrogen (secondary N) is 1. The van der Waals surface area contributed by atoms with Gasteiger partial charge in [-0.2, -0.15) is 18.3 Å². The van der Waals surface area contributed by atoms with Crippen LogP contribution in [0.15, 0.2) is 6.20 Å². The predicted octanol–water partition coefficient (Wildman–Crippen LogP) is 1.12. The lowest BCUT2D eigenvalue weighted by Gasteiger charge is -2.32. The number of nitrogens with zero attached hydrogens (tertiary/aromatic N) is 2. The molecule has 2 N–H and O–H groups in total. The second-order valence-electron chi connectivity index (χ2n) is 5.20. The summed E-state index contributed by atoms with van der Waals surface area (Å²) < 4.78 is 41.4. The van der Waals surface area contributed by atoms with Crippen LogP contribution >= 0.6 is 0 Å². The molecule has 2 atom stereocenters. The Morgan fingerprint density at radius 2 is 2.30 bits per heavy atom. The van der Waals surface area contributed by atoms with Gasteiger partial charge >= 0.3 is 12.1 Å². The van der Waals surface area contributed by atoms with Crippen molar-refractivity contribution in [3.63, 3.8) is 0 Å². The molecule has 1 fully saturated rings. The summed E-state index contributed by atoms with van der Waals surface area (Å²) >= 11 is 0. The van der Waals surface area contributed by atoms with Crippen LogP contribution in [0.3, 0.4) is 0 Å². The Kier molecular flexibility index (Phi) is 3.53. The maximum absolute atomic E-state index is 13.3. The summed E-state index contributed by atoms with van der Waals surface area (Å²) in [5.74, 6) is -2.87. The number of aryl methyl sites for hydroxylation is 2. The molecule has 1 saturated heterocycles. The van der Waals surface area contributed by atoms with Gasteiger partial charge in [-0.05, 0) is 25.5 Å². The van der Waals surface area contributed by atoms with Crippen molar-refractivity contribution in [2.75, 3.05) is 13.1 Å². The number of hydrogen-bond acceptors (Lipinski definition) is 3. The van der Waals surface area contributed by atoms with Gasteiger partial charge in [-0.1, -0.05) is 0 Å². The second kappa shape index (κ2) is 4.76. The van der Waals surface area contributed by atoms with E-state index in [1.165, 1.54) is 4.68 Å². The molecule has 1 aliphatic rings. The molecule has 0 unspecified atom stereocenters. The number of rotatable bonds is 3. The van der Waals surface area contributed by atoms with Crippen molar-refractivity contribution in [2.45, 2.75) is 19.5 Å². The Balaban J connectivity index is 2.38. The molecule has 20 heavy (non-hydrogen) atoms. The van der Waals surface area contributed by atoms with Gasteiger partial charge in [0.1, 0.15) is 0 Å². The molecule has 1 aromatic heterocycles. The molecule has 1 aromatic rings. The van der Waals surface area contributed by atoms with Gasteiger partial charge in [0, 0.05) is 25.2 Å². The van der Waals surface area contributed by atoms with Crippen molar-refractivity contribution in [3.8, 4) is 0 Å². The molecule has 5 nitrogen and oxygen atoms in total. The van der Waals surface area contributed by atoms with Crippen LogP contribution in [-0.4, -0.2) is 40.1 Å². The van der Waals surface area contributed by atoms with Gasteiger partial charge in [0.15, 0.2) is 5.41 Å². The first-order valence-corrected chi connectivity index (χ1v) is 6.18. The number of carboxylic acid groups (broad SMARTS) is 1. The molecule has 2 heterocycles. The van der Waals surface area contributed by atoms with Crippen molar-refractivity contribution in [2.24, 2.45) is 18.4 Å². The first-order valence-electron chi connectivity index (χ1n) is 6.18. The summed E-state index contributed by atoms with van der Waals surface area (Å²) in [6.45, 7) is 1.19. The van der Waals surface area contributed by atoms with Gasteiger partial charge in [-0.15, -0.1) is 0 Å². The number of aromatic nitrogens is 2. The van der Waals surface area contributed by atoms with Crippen LogP contribution in [0.5, 0.6) is 0 Å². The molecule has 0 aliphatic carbocycles. The van der Waals surface area contributed by atoms with E-state index in [4.69, 9.17) is 5.11 Å². The Hall–Kier alpha value is -1.57. The molecule has 0 spiro atoms. The summed E-state index contributed by atoms with van der Waals surface area (Å²) in [6, 6.07) is 0. The number of aliphatic carboxylic acids is 1. The summed E-state index contributed by atoms with van der Waals surface area (Å²) in [7, 11) is 1.64. The van der Waals surface area contributed by atoms with Crippen molar-refractivity contribution in [1.82, 2.24) is 15.1 Å². The van der Waals surface area contributed by atoms with E-state index in [0.29, 0.717) is 5.69 Å². The van der Waals surface area contributed by atoms with Crippen molar-refractivity contribution in [1.29, 1.82) is 0 Å². The fourth-order valence-electron chi connectivity index (χ4n) is 2.81. The number of hydrogen-bond donors (Lipinski definition) is 2. The number of alkyl halides is 3. The van der Waals surface area contributed by atoms with Crippen LogP contribution in [0.25, 0.3) is 0 Å². The standard InChI is InChI=1S/C12H16F3N3O2/c1-7-4-17-18(2)9(7)3-8-5-16-6-11(8,10(19)20)12(13,14)15/h4,8,16H,3,5-6H2,1-2H3,(H,19,20)/t8-,11-/m1/s1. The van der Waals surface area contributed by atoms with Crippen LogP contribution in [-0.2, 0) is 18.3 Å². The minimum absolute atomic E-state index is 0.0242. The zero-order valence-electron chi connectivity index (χ0n) is 11.2. The second-order valence-corrected chi connectivity index (χ2v) is 5.20. The highest BCUT2D eigenvalue weighted by Gasteiger charge is 2.66. The molecule has 0 bridgehead atoms. The van der Waals surface area contributed by atoms with Crippen molar-refractivity contribution >= 4 is 5.97 Å². The van der Waals surface area contributed by atoms with E-state index in [0.717, 1.165) is 5.56 Å². The Morgan fingerprint density at radius 1 is 1.65 bits per heavy atom. The monoisotopic (exact) mass is 291 g/mol. The predicted molar refractivity (Wildman–Crippen MR) is 64.1 cm³/mol. The highest BCUT2D eigenvalue weighted by atomic mass is 19.4. The van der Waals surface area contributed by atoms with E-state index in [1.807, 2.05) is 0 Å². The third kappa shape index (κ3) is 2.07. The minimum atomic E-state index is -4.79. The first-order chi connectivity index (χ1) is 9.20. The van der Waals surface area contributed by atoms with E-state index in [1.54, 1.807) is 20.2 Å². The summed E-state index contributed by atoms with van der Waals surface area (Å²) in [5.41, 5.74) is -1.33. The lowest BCUT2D eigenvalue weighted by atomic mass is 9.75. The van der Waals surface area contributed by atoms with E-state index in [9.17, 15) is 18.0 Å². The molecular formula is C12H16F3N3O2. The van der Waals surface area contributed by atoms with Crippen LogP contribution < -0.4 is 5.32 Å². The smallest absolute Gasteiger partial charge is 0.406 e. The molecule has 0 aromatic carbocycles. The van der Waals surface area contributed by atoms with Crippen molar-refractivity contribution in [3.05, 3.63) is 17.5 Å². The van der Waals surface area contributed by atoms with E-state index in [-0.39, 0.29) is 13.0 Å². The van der Waals surface area contributed by atoms with E-state index in [2.05, 4.69) is 10.4 Å². The maximum atomic E-state index is 13.3. The molecule has 0 amide bonds. The van der Waals surface area contributed by atoms with Crippen LogP contribution in [0.4, 0.5) is 13.2 Å². The van der Waals surface area contributed by atoms with E-state index < -0.39 is 30.0 Å². The molecule has 0 radical (unpaired) electrons. The highest BCUT2D eigenvalue weighted by Crippen LogP contribution is 2.47. The Bertz CT molecular complexity index is 507. The summed E-state index contributed by atoms with van der Waals surface area (Å²) in [4.78, 5) is 11.3. The Morgan fingerprint density at radius 3 is 2.75 bits per heavy atom. The summed E-state index contributed by atoms with van der Waals surface area (Å²) in [5, 5.41) is 15.7. The largest absolute Gasteiger partial charge is 0.481 e. The zero-order valence-corrected chi connectivity index (χ0v) is 11.2. The average Bonchev–Trinajstić information content (AvgIpc) is 2.87. The third-order valence-electron chi connectivity index (χ3n) is 4.09. The van der Waals surface area contributed by atoms with Gasteiger partial charge in [0.2, 0.25) is 0 Å². The lowest BCUT2D eigenvalue weighted by molar-refractivity contribution is -0.236. The number of halogens is 3. The summed E-state index contributed by atoms with van der Waals surface area (Å²) in [6.07, 6.45) is -3.20. The van der Waals surface area contributed by atoms with Crippen LogP contribution in [0.2, 0.25) is 0 Å². The van der Waals surface area contributed by atoms with Gasteiger partial charge in [-0.3, -0.25) is 9.48 Å². The fourth-order valence-corrected chi connectivity index (χ4v) is 2.81. The molecule has 0 saturated carbocycles. The average molecular weight is 291 g/mol. The fraction of sp³-hybridized carbons (Fsp3) is 0.667. The van der Waals surface area contributed by atoms with Gasteiger partial charge in [0.25, 0.3) is 0 Å². The first kappa shape index (κ1) is 14.8. The molecule has 2 rings (SSSR count). The number of carboxylic acids is 1. The van der Waals surface area contributed by atoms with Gasteiger partial charge in [0.05, 0.1) is 6.20 Å². The van der Waals surface area contributed by atoms with Crippen LogP contribution in [0, 0.1) is 18.3 Å². The molecule has 1 aliphatic heterocycles. The number of carbonyl (C=O) groups is 1. The van der Waals surface area contributed by atoms with Gasteiger partial charge < -0.3 is 10.4 Å². The van der Waals surface area contributed by atoms with Gasteiger partial charge in [-0.25, -0.2) is 0 Å². The highest BCUT2D eigenvalue weighted by molar-refractivity contribution is 5.77. The maximum Gasteiger partial charge on any atom is 0.406 e. The van der Waals surface area contributed by atoms with Crippen LogP contribution in [0.1, 0.15) is 11.3 Å². The Labute approximate surface area is 113 Å².